The van der Waals surface area contributed by atoms with E-state index < -0.39 is 0 Å². The third kappa shape index (κ3) is 2.06. The van der Waals surface area contributed by atoms with Crippen LogP contribution in [0.5, 0.6) is 0 Å². The van der Waals surface area contributed by atoms with Gasteiger partial charge in [-0.25, -0.2) is 0 Å². The number of amides is 3. The summed E-state index contributed by atoms with van der Waals surface area (Å²) in [5, 5.41) is 2.86. The average Bonchev–Trinajstić information content (AvgIpc) is 3.40. The van der Waals surface area contributed by atoms with Crippen molar-refractivity contribution in [3.05, 3.63) is 41.5 Å². The fourth-order valence-corrected chi connectivity index (χ4v) is 5.39. The highest BCUT2D eigenvalue weighted by molar-refractivity contribution is 6.09. The van der Waals surface area contributed by atoms with E-state index in [4.69, 9.17) is 0 Å². The first-order valence-electron chi connectivity index (χ1n) is 9.37. The summed E-state index contributed by atoms with van der Waals surface area (Å²) < 4.78 is 0. The number of carbonyl (C=O) groups is 3. The molecule has 6 rings (SSSR count). The lowest BCUT2D eigenvalue weighted by atomic mass is 9.63. The van der Waals surface area contributed by atoms with E-state index in [1.807, 2.05) is 32.0 Å². The highest BCUT2D eigenvalue weighted by atomic mass is 16.2. The van der Waals surface area contributed by atoms with Crippen LogP contribution in [0.1, 0.15) is 17.5 Å². The molecular formula is C21H22N2O3. The number of aryl methyl sites for hydroxylation is 1. The van der Waals surface area contributed by atoms with Crippen molar-refractivity contribution in [3.8, 4) is 0 Å². The minimum absolute atomic E-state index is 0.152. The Hall–Kier alpha value is -2.43. The molecular weight excluding hydrogens is 328 g/mol. The molecule has 1 saturated heterocycles. The molecule has 2 bridgehead atoms. The maximum Gasteiger partial charge on any atom is 0.244 e. The molecule has 5 nitrogen and oxygen atoms in total. The highest BCUT2D eigenvalue weighted by Crippen LogP contribution is 2.65. The lowest BCUT2D eigenvalue weighted by Crippen LogP contribution is -2.40. The van der Waals surface area contributed by atoms with Crippen LogP contribution in [-0.2, 0) is 14.4 Å². The summed E-state index contributed by atoms with van der Waals surface area (Å²) in [4.78, 5) is 39.5. The standard InChI is InChI=1S/C21H22N2O3/c1-10-4-3-5-16(11(10)2)22-17(24)9-23-20(25)18-12-6-7-13(15-8-14(12)15)19(18)21(23)26/h3-7,12-15,18-19H,8-9H2,1-2H3,(H,22,24)/t12-,13+,14-,15-,18+,19+/m1/s1. The van der Waals surface area contributed by atoms with Gasteiger partial charge in [-0.05, 0) is 61.1 Å². The molecule has 1 aromatic rings. The summed E-state index contributed by atoms with van der Waals surface area (Å²) in [5.41, 5.74) is 2.81. The van der Waals surface area contributed by atoms with E-state index in [1.165, 1.54) is 4.90 Å². The molecule has 4 aliphatic carbocycles. The normalized spacial score (nSPS) is 36.2. The van der Waals surface area contributed by atoms with Crippen LogP contribution in [0, 0.1) is 49.4 Å². The fraction of sp³-hybridized carbons (Fsp3) is 0.476. The maximum atomic E-state index is 12.9. The van der Waals surface area contributed by atoms with Crippen molar-refractivity contribution in [2.24, 2.45) is 35.5 Å². The Labute approximate surface area is 152 Å². The Morgan fingerprint density at radius 2 is 1.69 bits per heavy atom. The minimum Gasteiger partial charge on any atom is -0.324 e. The Bertz CT molecular complexity index is 838. The van der Waals surface area contributed by atoms with Crippen molar-refractivity contribution in [2.75, 3.05) is 11.9 Å². The molecule has 1 aliphatic heterocycles. The predicted octanol–water partition coefficient (Wildman–Crippen LogP) is 2.30. The predicted molar refractivity (Wildman–Crippen MR) is 96.0 cm³/mol. The van der Waals surface area contributed by atoms with Gasteiger partial charge in [0.15, 0.2) is 0 Å². The van der Waals surface area contributed by atoms with Crippen LogP contribution >= 0.6 is 0 Å². The first-order chi connectivity index (χ1) is 12.5. The molecule has 3 fully saturated rings. The third-order valence-corrected chi connectivity index (χ3v) is 6.93. The van der Waals surface area contributed by atoms with Crippen LogP contribution in [0.2, 0.25) is 0 Å². The van der Waals surface area contributed by atoms with E-state index in [-0.39, 0.29) is 47.9 Å². The topological polar surface area (TPSA) is 66.5 Å². The minimum atomic E-state index is -0.315. The molecule has 0 spiro atoms. The zero-order valence-electron chi connectivity index (χ0n) is 14.9. The second kappa shape index (κ2) is 5.29. The molecule has 1 heterocycles. The lowest BCUT2D eigenvalue weighted by molar-refractivity contribution is -0.142. The molecule has 134 valence electrons. The van der Waals surface area contributed by atoms with Crippen molar-refractivity contribution in [1.82, 2.24) is 4.90 Å². The van der Waals surface area contributed by atoms with Crippen molar-refractivity contribution >= 4 is 23.4 Å². The number of hydrogen-bond acceptors (Lipinski definition) is 3. The van der Waals surface area contributed by atoms with Crippen LogP contribution in [0.3, 0.4) is 0 Å². The van der Waals surface area contributed by atoms with Gasteiger partial charge < -0.3 is 5.32 Å². The van der Waals surface area contributed by atoms with Gasteiger partial charge >= 0.3 is 0 Å². The van der Waals surface area contributed by atoms with Gasteiger partial charge in [0, 0.05) is 5.69 Å². The van der Waals surface area contributed by atoms with Gasteiger partial charge in [-0.2, -0.15) is 0 Å². The molecule has 0 aromatic heterocycles. The number of hydrogen-bond donors (Lipinski definition) is 1. The molecule has 0 radical (unpaired) electrons. The summed E-state index contributed by atoms with van der Waals surface area (Å²) in [7, 11) is 0. The van der Waals surface area contributed by atoms with Crippen molar-refractivity contribution in [2.45, 2.75) is 20.3 Å². The molecule has 2 saturated carbocycles. The number of carbonyl (C=O) groups excluding carboxylic acids is 3. The van der Waals surface area contributed by atoms with E-state index in [2.05, 4.69) is 17.5 Å². The molecule has 3 amide bonds. The number of rotatable bonds is 3. The maximum absolute atomic E-state index is 12.9. The van der Waals surface area contributed by atoms with Gasteiger partial charge in [0.25, 0.3) is 0 Å². The SMILES string of the molecule is Cc1cccc(NC(=O)CN2C(=O)[C@H]3[C@@H]4C=C[C@@H]([C@H]5C[C@H]45)[C@@H]3C2=O)c1C. The number of allylic oxidation sites excluding steroid dienone is 2. The number of nitrogens with zero attached hydrogens (tertiary/aromatic N) is 1. The van der Waals surface area contributed by atoms with Gasteiger partial charge in [0.1, 0.15) is 6.54 Å². The summed E-state index contributed by atoms with van der Waals surface area (Å²) in [5.74, 6) is 0.436. The highest BCUT2D eigenvalue weighted by Gasteiger charge is 2.67. The largest absolute Gasteiger partial charge is 0.324 e. The summed E-state index contributed by atoms with van der Waals surface area (Å²) in [6, 6.07) is 5.71. The second-order valence-electron chi connectivity index (χ2n) is 8.21. The van der Waals surface area contributed by atoms with Gasteiger partial charge in [-0.3, -0.25) is 19.3 Å². The molecule has 1 aromatic carbocycles. The number of benzene rings is 1. The van der Waals surface area contributed by atoms with Gasteiger partial charge in [-0.1, -0.05) is 24.3 Å². The van der Waals surface area contributed by atoms with Crippen LogP contribution in [0.25, 0.3) is 0 Å². The van der Waals surface area contributed by atoms with Crippen LogP contribution in [0.15, 0.2) is 30.4 Å². The monoisotopic (exact) mass is 350 g/mol. The fourth-order valence-electron chi connectivity index (χ4n) is 5.39. The first kappa shape index (κ1) is 15.8. The van der Waals surface area contributed by atoms with Gasteiger partial charge in [0.05, 0.1) is 11.8 Å². The first-order valence-corrected chi connectivity index (χ1v) is 9.37. The van der Waals surface area contributed by atoms with E-state index in [9.17, 15) is 14.4 Å². The molecule has 6 atom stereocenters. The Morgan fingerprint density at radius 3 is 2.31 bits per heavy atom. The smallest absolute Gasteiger partial charge is 0.244 e. The van der Waals surface area contributed by atoms with Crippen LogP contribution in [0.4, 0.5) is 5.69 Å². The third-order valence-electron chi connectivity index (χ3n) is 6.93. The number of likely N-dealkylation sites (tertiary alicyclic amines) is 1. The van der Waals surface area contributed by atoms with Crippen molar-refractivity contribution in [3.63, 3.8) is 0 Å². The molecule has 1 N–H and O–H groups in total. The molecule has 5 aliphatic rings. The zero-order valence-corrected chi connectivity index (χ0v) is 14.9. The Morgan fingerprint density at radius 1 is 1.08 bits per heavy atom. The van der Waals surface area contributed by atoms with Crippen molar-refractivity contribution < 1.29 is 14.4 Å². The second-order valence-corrected chi connectivity index (χ2v) is 8.21. The molecule has 5 heteroatoms. The van der Waals surface area contributed by atoms with E-state index in [0.29, 0.717) is 11.8 Å². The van der Waals surface area contributed by atoms with E-state index in [1.54, 1.807) is 0 Å². The quantitative estimate of drug-likeness (QED) is 0.672. The Kier molecular flexibility index (Phi) is 3.21. The summed E-state index contributed by atoms with van der Waals surface area (Å²) in [6.07, 6.45) is 5.43. The van der Waals surface area contributed by atoms with Crippen molar-refractivity contribution in [1.29, 1.82) is 0 Å². The van der Waals surface area contributed by atoms with Gasteiger partial charge in [-0.15, -0.1) is 0 Å². The average molecular weight is 350 g/mol. The van der Waals surface area contributed by atoms with Crippen LogP contribution in [-0.4, -0.2) is 29.2 Å². The van der Waals surface area contributed by atoms with E-state index in [0.717, 1.165) is 23.2 Å². The lowest BCUT2D eigenvalue weighted by Gasteiger charge is -2.37. The Balaban J connectivity index is 1.34. The summed E-state index contributed by atoms with van der Waals surface area (Å²) in [6.45, 7) is 3.74. The molecule has 26 heavy (non-hydrogen) atoms. The number of imide groups is 1. The zero-order chi connectivity index (χ0) is 18.2. The molecule has 0 unspecified atom stereocenters. The number of nitrogens with one attached hydrogen (secondary N) is 1. The summed E-state index contributed by atoms with van der Waals surface area (Å²) >= 11 is 0. The number of anilines is 1. The van der Waals surface area contributed by atoms with Crippen LogP contribution < -0.4 is 5.32 Å². The van der Waals surface area contributed by atoms with Gasteiger partial charge in [0.2, 0.25) is 17.7 Å². The van der Waals surface area contributed by atoms with E-state index >= 15 is 0 Å².